The minimum Gasteiger partial charge on any atom is -0.103 e. The van der Waals surface area contributed by atoms with Crippen molar-refractivity contribution in [2.75, 3.05) is 0 Å². The van der Waals surface area contributed by atoms with Gasteiger partial charge in [0, 0.05) is 0 Å². The Morgan fingerprint density at radius 3 is 2.23 bits per heavy atom. The van der Waals surface area contributed by atoms with Gasteiger partial charge in [0.1, 0.15) is 0 Å². The lowest BCUT2D eigenvalue weighted by Crippen LogP contribution is -1.95. The minimum absolute atomic E-state index is 0.710. The van der Waals surface area contributed by atoms with E-state index in [-0.39, 0.29) is 0 Å². The highest BCUT2D eigenvalue weighted by Crippen LogP contribution is 2.16. The predicted molar refractivity (Wildman–Crippen MR) is 61.9 cm³/mol. The summed E-state index contributed by atoms with van der Waals surface area (Å²) in [7, 11) is 0. The molecule has 78 valence electrons. The molecule has 0 spiro atoms. The SMILES string of the molecule is C=C[C@H](C)CCCCC(C)CCC. The zero-order chi connectivity index (χ0) is 10.1. The van der Waals surface area contributed by atoms with Crippen molar-refractivity contribution in [2.24, 2.45) is 11.8 Å². The molecular formula is C13H26. The van der Waals surface area contributed by atoms with E-state index < -0.39 is 0 Å². The van der Waals surface area contributed by atoms with Crippen molar-refractivity contribution < 1.29 is 0 Å². The lowest BCUT2D eigenvalue weighted by Gasteiger charge is -2.10. The first kappa shape index (κ1) is 12.7. The molecule has 0 bridgehead atoms. The van der Waals surface area contributed by atoms with Gasteiger partial charge in [0.25, 0.3) is 0 Å². The number of hydrogen-bond donors (Lipinski definition) is 0. The van der Waals surface area contributed by atoms with Crippen molar-refractivity contribution in [3.8, 4) is 0 Å². The van der Waals surface area contributed by atoms with Gasteiger partial charge in [0.15, 0.2) is 0 Å². The minimum atomic E-state index is 0.710. The molecule has 0 heterocycles. The summed E-state index contributed by atoms with van der Waals surface area (Å²) in [5.74, 6) is 1.64. The molecule has 0 aromatic carbocycles. The van der Waals surface area contributed by atoms with E-state index in [0.29, 0.717) is 5.92 Å². The van der Waals surface area contributed by atoms with Crippen LogP contribution < -0.4 is 0 Å². The van der Waals surface area contributed by atoms with Crippen molar-refractivity contribution in [3.63, 3.8) is 0 Å². The van der Waals surface area contributed by atoms with Crippen LogP contribution in [0.2, 0.25) is 0 Å². The van der Waals surface area contributed by atoms with Crippen LogP contribution in [0.3, 0.4) is 0 Å². The molecule has 0 heteroatoms. The highest BCUT2D eigenvalue weighted by atomic mass is 14.1. The zero-order valence-electron chi connectivity index (χ0n) is 9.68. The molecule has 13 heavy (non-hydrogen) atoms. The van der Waals surface area contributed by atoms with Gasteiger partial charge in [-0.3, -0.25) is 0 Å². The van der Waals surface area contributed by atoms with E-state index in [1.807, 2.05) is 0 Å². The molecule has 0 radical (unpaired) electrons. The summed E-state index contributed by atoms with van der Waals surface area (Å²) in [5.41, 5.74) is 0. The topological polar surface area (TPSA) is 0 Å². The zero-order valence-corrected chi connectivity index (χ0v) is 9.68. The summed E-state index contributed by atoms with van der Waals surface area (Å²) in [4.78, 5) is 0. The summed E-state index contributed by atoms with van der Waals surface area (Å²) in [5, 5.41) is 0. The van der Waals surface area contributed by atoms with Crippen LogP contribution in [0.5, 0.6) is 0 Å². The molecule has 1 unspecified atom stereocenters. The molecule has 0 fully saturated rings. The molecular weight excluding hydrogens is 156 g/mol. The monoisotopic (exact) mass is 182 g/mol. The average molecular weight is 182 g/mol. The second-order valence-electron chi connectivity index (χ2n) is 4.39. The third kappa shape index (κ3) is 8.08. The quantitative estimate of drug-likeness (QED) is 0.373. The van der Waals surface area contributed by atoms with E-state index in [1.165, 1.54) is 38.5 Å². The van der Waals surface area contributed by atoms with Crippen molar-refractivity contribution in [1.82, 2.24) is 0 Å². The van der Waals surface area contributed by atoms with Crippen LogP contribution >= 0.6 is 0 Å². The van der Waals surface area contributed by atoms with Gasteiger partial charge in [-0.15, -0.1) is 6.58 Å². The first-order valence-electron chi connectivity index (χ1n) is 5.83. The number of unbranched alkanes of at least 4 members (excludes halogenated alkanes) is 1. The summed E-state index contributed by atoms with van der Waals surface area (Å²) >= 11 is 0. The first-order valence-corrected chi connectivity index (χ1v) is 5.83. The molecule has 0 nitrogen and oxygen atoms in total. The van der Waals surface area contributed by atoms with Gasteiger partial charge < -0.3 is 0 Å². The molecule has 0 aromatic rings. The summed E-state index contributed by atoms with van der Waals surface area (Å²) in [6.45, 7) is 10.7. The normalized spacial score (nSPS) is 15.3. The first-order chi connectivity index (χ1) is 6.20. The lowest BCUT2D eigenvalue weighted by atomic mass is 9.96. The second-order valence-corrected chi connectivity index (χ2v) is 4.39. The largest absolute Gasteiger partial charge is 0.103 e. The number of allylic oxidation sites excluding steroid dienone is 1. The van der Waals surface area contributed by atoms with Gasteiger partial charge in [0.05, 0.1) is 0 Å². The molecule has 0 aliphatic rings. The second kappa shape index (κ2) is 8.34. The van der Waals surface area contributed by atoms with Crippen LogP contribution in [-0.2, 0) is 0 Å². The van der Waals surface area contributed by atoms with Crippen LogP contribution in [0.15, 0.2) is 12.7 Å². The average Bonchev–Trinajstić information content (AvgIpc) is 2.12. The van der Waals surface area contributed by atoms with E-state index in [0.717, 1.165) is 5.92 Å². The summed E-state index contributed by atoms with van der Waals surface area (Å²) in [6.07, 6.45) is 10.3. The highest BCUT2D eigenvalue weighted by molar-refractivity contribution is 4.74. The van der Waals surface area contributed by atoms with E-state index in [9.17, 15) is 0 Å². The Labute approximate surface area is 84.4 Å². The molecule has 0 N–H and O–H groups in total. The van der Waals surface area contributed by atoms with Gasteiger partial charge in [-0.05, 0) is 18.3 Å². The molecule has 0 saturated carbocycles. The van der Waals surface area contributed by atoms with Gasteiger partial charge in [-0.25, -0.2) is 0 Å². The van der Waals surface area contributed by atoms with E-state index in [2.05, 4.69) is 33.4 Å². The smallest absolute Gasteiger partial charge is 0.0265 e. The van der Waals surface area contributed by atoms with Crippen molar-refractivity contribution >= 4 is 0 Å². The van der Waals surface area contributed by atoms with Crippen LogP contribution in [0.4, 0.5) is 0 Å². The van der Waals surface area contributed by atoms with Gasteiger partial charge in [0.2, 0.25) is 0 Å². The summed E-state index contributed by atoms with van der Waals surface area (Å²) in [6, 6.07) is 0. The van der Waals surface area contributed by atoms with Crippen molar-refractivity contribution in [3.05, 3.63) is 12.7 Å². The molecule has 0 aliphatic heterocycles. The van der Waals surface area contributed by atoms with E-state index in [1.54, 1.807) is 0 Å². The van der Waals surface area contributed by atoms with Crippen molar-refractivity contribution in [1.29, 1.82) is 0 Å². The Morgan fingerprint density at radius 2 is 1.69 bits per heavy atom. The fraction of sp³-hybridized carbons (Fsp3) is 0.846. The maximum Gasteiger partial charge on any atom is -0.0265 e. The Balaban J connectivity index is 3.19. The van der Waals surface area contributed by atoms with Crippen LogP contribution in [0.25, 0.3) is 0 Å². The Kier molecular flexibility index (Phi) is 8.18. The standard InChI is InChI=1S/C13H26/c1-5-9-13(4)11-8-7-10-12(3)6-2/h6,12-13H,2,5,7-11H2,1,3-4H3/t12-,13?/m0/s1. The lowest BCUT2D eigenvalue weighted by molar-refractivity contribution is 0.446. The maximum absolute atomic E-state index is 3.80. The Bertz CT molecular complexity index is 115. The molecule has 0 amide bonds. The van der Waals surface area contributed by atoms with Gasteiger partial charge >= 0.3 is 0 Å². The number of rotatable bonds is 8. The van der Waals surface area contributed by atoms with Gasteiger partial charge in [-0.2, -0.15) is 0 Å². The van der Waals surface area contributed by atoms with E-state index in [4.69, 9.17) is 0 Å². The molecule has 2 atom stereocenters. The van der Waals surface area contributed by atoms with Crippen LogP contribution in [-0.4, -0.2) is 0 Å². The highest BCUT2D eigenvalue weighted by Gasteiger charge is 2.01. The van der Waals surface area contributed by atoms with Crippen molar-refractivity contribution in [2.45, 2.75) is 59.3 Å². The summed E-state index contributed by atoms with van der Waals surface area (Å²) < 4.78 is 0. The maximum atomic E-state index is 3.80. The molecule has 0 aromatic heterocycles. The fourth-order valence-electron chi connectivity index (χ4n) is 1.71. The predicted octanol–water partition coefficient (Wildman–Crippen LogP) is 4.81. The third-order valence-corrected chi connectivity index (χ3v) is 2.79. The Morgan fingerprint density at radius 1 is 1.08 bits per heavy atom. The molecule has 0 rings (SSSR count). The van der Waals surface area contributed by atoms with Crippen LogP contribution in [0, 0.1) is 11.8 Å². The molecule has 0 aliphatic carbocycles. The molecule has 0 saturated heterocycles. The number of hydrogen-bond acceptors (Lipinski definition) is 0. The fourth-order valence-corrected chi connectivity index (χ4v) is 1.71. The Hall–Kier alpha value is -0.260. The van der Waals surface area contributed by atoms with Gasteiger partial charge in [-0.1, -0.05) is 59.0 Å². The van der Waals surface area contributed by atoms with Crippen LogP contribution in [0.1, 0.15) is 59.3 Å². The third-order valence-electron chi connectivity index (χ3n) is 2.79. The van der Waals surface area contributed by atoms with E-state index >= 15 is 0 Å².